The fraction of sp³-hybridized carbons (Fsp3) is 0.867. The maximum absolute atomic E-state index is 12.2. The van der Waals surface area contributed by atoms with E-state index in [1.807, 2.05) is 0 Å². The van der Waals surface area contributed by atoms with Gasteiger partial charge in [-0.3, -0.25) is 4.79 Å². The van der Waals surface area contributed by atoms with Crippen LogP contribution < -0.4 is 0 Å². The number of amides is 1. The molecular formula is C15H25NO5. The summed E-state index contributed by atoms with van der Waals surface area (Å²) in [4.78, 5) is 25.5. The standard InChI is InChI=1S/C15H25NO5/c1-5-20-11(17)14(7-6-8-14)15(19)9-16(10-15)12(18)21-13(2,3)4/h19H,5-10H2,1-4H3. The Hall–Kier alpha value is -1.30. The predicted molar refractivity (Wildman–Crippen MR) is 75.7 cm³/mol. The minimum Gasteiger partial charge on any atom is -0.465 e. The van der Waals surface area contributed by atoms with Crippen molar-refractivity contribution in [2.75, 3.05) is 19.7 Å². The van der Waals surface area contributed by atoms with Crippen molar-refractivity contribution in [2.24, 2.45) is 5.41 Å². The third kappa shape index (κ3) is 2.73. The molecule has 0 atom stereocenters. The van der Waals surface area contributed by atoms with E-state index >= 15 is 0 Å². The number of β-amino-alcohol motifs (C(OH)–C–C–N with tert-alkyl or cyclic N) is 1. The summed E-state index contributed by atoms with van der Waals surface area (Å²) in [6, 6.07) is 0. The van der Waals surface area contributed by atoms with E-state index in [4.69, 9.17) is 9.47 Å². The number of nitrogens with zero attached hydrogens (tertiary/aromatic N) is 1. The molecule has 1 saturated carbocycles. The quantitative estimate of drug-likeness (QED) is 0.803. The number of carbonyl (C=O) groups is 2. The first kappa shape index (κ1) is 16.1. The maximum Gasteiger partial charge on any atom is 0.410 e. The van der Waals surface area contributed by atoms with Crippen molar-refractivity contribution in [3.8, 4) is 0 Å². The molecule has 0 aromatic carbocycles. The number of likely N-dealkylation sites (tertiary alicyclic amines) is 1. The molecule has 0 bridgehead atoms. The molecule has 6 nitrogen and oxygen atoms in total. The zero-order valence-corrected chi connectivity index (χ0v) is 13.3. The Morgan fingerprint density at radius 2 is 1.81 bits per heavy atom. The van der Waals surface area contributed by atoms with Crippen LogP contribution in [0.5, 0.6) is 0 Å². The lowest BCUT2D eigenvalue weighted by molar-refractivity contribution is -0.219. The zero-order valence-electron chi connectivity index (χ0n) is 13.3. The molecule has 2 aliphatic rings. The average molecular weight is 299 g/mol. The van der Waals surface area contributed by atoms with Crippen molar-refractivity contribution < 1.29 is 24.2 Å². The van der Waals surface area contributed by atoms with E-state index < -0.39 is 22.7 Å². The maximum atomic E-state index is 12.2. The monoisotopic (exact) mass is 299 g/mol. The zero-order chi connectivity index (χ0) is 15.9. The number of rotatable bonds is 3. The second kappa shape index (κ2) is 5.16. The van der Waals surface area contributed by atoms with Gasteiger partial charge in [-0.15, -0.1) is 0 Å². The van der Waals surface area contributed by atoms with Crippen LogP contribution in [-0.4, -0.2) is 53.0 Å². The summed E-state index contributed by atoms with van der Waals surface area (Å²) in [5.74, 6) is -0.345. The lowest BCUT2D eigenvalue weighted by Crippen LogP contribution is -2.74. The number of carbonyl (C=O) groups excluding carboxylic acids is 2. The molecule has 21 heavy (non-hydrogen) atoms. The number of aliphatic hydroxyl groups is 1. The minimum atomic E-state index is -1.19. The molecule has 1 aliphatic carbocycles. The molecule has 0 unspecified atom stereocenters. The van der Waals surface area contributed by atoms with Crippen LogP contribution in [0.1, 0.15) is 47.0 Å². The number of hydrogen-bond acceptors (Lipinski definition) is 5. The van der Waals surface area contributed by atoms with E-state index in [0.29, 0.717) is 19.4 Å². The summed E-state index contributed by atoms with van der Waals surface area (Å²) in [6.45, 7) is 7.69. The number of esters is 1. The van der Waals surface area contributed by atoms with Crippen LogP contribution in [0.15, 0.2) is 0 Å². The van der Waals surface area contributed by atoms with Gasteiger partial charge in [-0.1, -0.05) is 6.42 Å². The molecule has 1 heterocycles. The second-order valence-electron chi connectivity index (χ2n) is 7.02. The van der Waals surface area contributed by atoms with E-state index in [1.54, 1.807) is 27.7 Å². The molecule has 0 aromatic heterocycles. The van der Waals surface area contributed by atoms with Crippen molar-refractivity contribution in [3.05, 3.63) is 0 Å². The Bertz CT molecular complexity index is 430. The molecule has 0 spiro atoms. The summed E-state index contributed by atoms with van der Waals surface area (Å²) in [6.07, 6.45) is 1.67. The molecule has 6 heteroatoms. The van der Waals surface area contributed by atoms with Gasteiger partial charge in [-0.25, -0.2) is 4.79 Å². The predicted octanol–water partition coefficient (Wildman–Crippen LogP) is 1.70. The normalized spacial score (nSPS) is 22.8. The van der Waals surface area contributed by atoms with E-state index in [1.165, 1.54) is 4.90 Å². The van der Waals surface area contributed by atoms with Crippen LogP contribution >= 0.6 is 0 Å². The number of hydrogen-bond donors (Lipinski definition) is 1. The van der Waals surface area contributed by atoms with Crippen LogP contribution in [0.4, 0.5) is 4.79 Å². The topological polar surface area (TPSA) is 76.1 Å². The summed E-state index contributed by atoms with van der Waals surface area (Å²) in [5.41, 5.74) is -2.60. The minimum absolute atomic E-state index is 0.126. The SMILES string of the molecule is CCOC(=O)C1(C2(O)CN(C(=O)OC(C)(C)C)C2)CCC1. The van der Waals surface area contributed by atoms with E-state index in [9.17, 15) is 14.7 Å². The van der Waals surface area contributed by atoms with Gasteiger partial charge in [-0.05, 0) is 40.5 Å². The fourth-order valence-electron chi connectivity index (χ4n) is 3.00. The molecule has 120 valence electrons. The van der Waals surface area contributed by atoms with E-state index in [-0.39, 0.29) is 19.1 Å². The highest BCUT2D eigenvalue weighted by atomic mass is 16.6. The van der Waals surface area contributed by atoms with Crippen molar-refractivity contribution in [2.45, 2.75) is 58.2 Å². The first-order valence-corrected chi connectivity index (χ1v) is 7.51. The van der Waals surface area contributed by atoms with Crippen LogP contribution in [0.3, 0.4) is 0 Å². The third-order valence-electron chi connectivity index (χ3n) is 4.32. The van der Waals surface area contributed by atoms with Gasteiger partial charge in [0.2, 0.25) is 0 Å². The molecule has 0 radical (unpaired) electrons. The van der Waals surface area contributed by atoms with Crippen LogP contribution in [0.25, 0.3) is 0 Å². The average Bonchev–Trinajstić information content (AvgIpc) is 2.21. The molecule has 1 amide bonds. The largest absolute Gasteiger partial charge is 0.465 e. The summed E-state index contributed by atoms with van der Waals surface area (Å²) in [7, 11) is 0. The van der Waals surface area contributed by atoms with Gasteiger partial charge in [0.1, 0.15) is 16.6 Å². The Balaban J connectivity index is 2.00. The Morgan fingerprint density at radius 3 is 2.19 bits per heavy atom. The smallest absolute Gasteiger partial charge is 0.410 e. The lowest BCUT2D eigenvalue weighted by atomic mass is 9.56. The highest BCUT2D eigenvalue weighted by Gasteiger charge is 2.65. The summed E-state index contributed by atoms with van der Waals surface area (Å²) >= 11 is 0. The Labute approximate surface area is 125 Å². The second-order valence-corrected chi connectivity index (χ2v) is 7.02. The van der Waals surface area contributed by atoms with Crippen molar-refractivity contribution in [1.29, 1.82) is 0 Å². The van der Waals surface area contributed by atoms with Crippen LogP contribution in [-0.2, 0) is 14.3 Å². The first-order chi connectivity index (χ1) is 9.63. The Morgan fingerprint density at radius 1 is 1.24 bits per heavy atom. The van der Waals surface area contributed by atoms with Gasteiger partial charge in [0.05, 0.1) is 19.7 Å². The fourth-order valence-corrected chi connectivity index (χ4v) is 3.00. The van der Waals surface area contributed by atoms with Gasteiger partial charge in [0.25, 0.3) is 0 Å². The number of ether oxygens (including phenoxy) is 2. The van der Waals surface area contributed by atoms with Gasteiger partial charge in [0, 0.05) is 0 Å². The molecule has 2 rings (SSSR count). The van der Waals surface area contributed by atoms with Gasteiger partial charge in [-0.2, -0.15) is 0 Å². The van der Waals surface area contributed by atoms with E-state index in [0.717, 1.165) is 6.42 Å². The van der Waals surface area contributed by atoms with Gasteiger partial charge >= 0.3 is 12.1 Å². The van der Waals surface area contributed by atoms with E-state index in [2.05, 4.69) is 0 Å². The molecule has 0 aromatic rings. The van der Waals surface area contributed by atoms with Crippen LogP contribution in [0.2, 0.25) is 0 Å². The molecule has 2 fully saturated rings. The molecule has 1 aliphatic heterocycles. The Kier molecular flexibility index (Phi) is 3.95. The first-order valence-electron chi connectivity index (χ1n) is 7.51. The van der Waals surface area contributed by atoms with Gasteiger partial charge in [0.15, 0.2) is 0 Å². The third-order valence-corrected chi connectivity index (χ3v) is 4.32. The lowest BCUT2D eigenvalue weighted by Gasteiger charge is -2.58. The van der Waals surface area contributed by atoms with Crippen molar-refractivity contribution >= 4 is 12.1 Å². The molecule has 1 N–H and O–H groups in total. The van der Waals surface area contributed by atoms with Crippen LogP contribution in [0, 0.1) is 5.41 Å². The van der Waals surface area contributed by atoms with Crippen molar-refractivity contribution in [3.63, 3.8) is 0 Å². The molecule has 1 saturated heterocycles. The highest BCUT2D eigenvalue weighted by molar-refractivity contribution is 5.81. The highest BCUT2D eigenvalue weighted by Crippen LogP contribution is 2.53. The summed E-state index contributed by atoms with van der Waals surface area (Å²) < 4.78 is 10.4. The van der Waals surface area contributed by atoms with Crippen molar-refractivity contribution in [1.82, 2.24) is 4.90 Å². The molecular weight excluding hydrogens is 274 g/mol. The van der Waals surface area contributed by atoms with Gasteiger partial charge < -0.3 is 19.5 Å². The summed E-state index contributed by atoms with van der Waals surface area (Å²) in [5, 5.41) is 10.7.